The number of alkyl carbamates (subject to hydrolysis) is 1. The van der Waals surface area contributed by atoms with Crippen molar-refractivity contribution in [3.05, 3.63) is 0 Å². The van der Waals surface area contributed by atoms with Gasteiger partial charge in [-0.1, -0.05) is 0 Å². The Kier molecular flexibility index (Phi) is 4.68. The van der Waals surface area contributed by atoms with Gasteiger partial charge in [0, 0.05) is 38.1 Å². The lowest BCUT2D eigenvalue weighted by atomic mass is 9.94. The third-order valence-electron chi connectivity index (χ3n) is 3.71. The summed E-state index contributed by atoms with van der Waals surface area (Å²) in [6.45, 7) is 10.9. The maximum atomic E-state index is 11.5. The second-order valence-electron chi connectivity index (χ2n) is 6.70. The van der Waals surface area contributed by atoms with Gasteiger partial charge < -0.3 is 15.4 Å². The fourth-order valence-electron chi connectivity index (χ4n) is 2.72. The van der Waals surface area contributed by atoms with Gasteiger partial charge in [-0.25, -0.2) is 4.79 Å². The predicted molar refractivity (Wildman–Crippen MR) is 75.2 cm³/mol. The van der Waals surface area contributed by atoms with E-state index in [-0.39, 0.29) is 6.09 Å². The Morgan fingerprint density at radius 2 is 2.16 bits per heavy atom. The number of likely N-dealkylation sites (tertiary alicyclic amines) is 1. The molecule has 0 aromatic carbocycles. The van der Waals surface area contributed by atoms with Crippen molar-refractivity contribution in [3.8, 4) is 0 Å². The molecule has 2 fully saturated rings. The van der Waals surface area contributed by atoms with Crippen LogP contribution in [0.1, 0.15) is 33.6 Å². The Bertz CT molecular complexity index is 302. The number of hydrogen-bond acceptors (Lipinski definition) is 4. The fraction of sp³-hybridized carbons (Fsp3) is 0.929. The van der Waals surface area contributed by atoms with Crippen LogP contribution in [0.15, 0.2) is 0 Å². The molecule has 2 saturated heterocycles. The van der Waals surface area contributed by atoms with Crippen LogP contribution in [0.5, 0.6) is 0 Å². The average Bonchev–Trinajstić information content (AvgIpc) is 2.26. The number of hydrogen-bond donors (Lipinski definition) is 2. The largest absolute Gasteiger partial charge is 0.444 e. The monoisotopic (exact) mass is 269 g/mol. The summed E-state index contributed by atoms with van der Waals surface area (Å²) in [6.07, 6.45) is 2.28. The molecule has 19 heavy (non-hydrogen) atoms. The number of nitrogens with zero attached hydrogens (tertiary/aromatic N) is 1. The van der Waals surface area contributed by atoms with Crippen LogP contribution in [-0.2, 0) is 4.74 Å². The van der Waals surface area contributed by atoms with Crippen molar-refractivity contribution >= 4 is 6.09 Å². The van der Waals surface area contributed by atoms with E-state index >= 15 is 0 Å². The molecule has 0 aliphatic carbocycles. The maximum absolute atomic E-state index is 11.5. The van der Waals surface area contributed by atoms with Crippen molar-refractivity contribution < 1.29 is 9.53 Å². The topological polar surface area (TPSA) is 53.6 Å². The summed E-state index contributed by atoms with van der Waals surface area (Å²) < 4.78 is 5.23. The van der Waals surface area contributed by atoms with Gasteiger partial charge in [-0.2, -0.15) is 0 Å². The highest BCUT2D eigenvalue weighted by atomic mass is 16.6. The molecule has 1 atom stereocenters. The molecule has 2 rings (SSSR count). The Morgan fingerprint density at radius 3 is 2.74 bits per heavy atom. The van der Waals surface area contributed by atoms with E-state index in [1.54, 1.807) is 0 Å². The zero-order valence-corrected chi connectivity index (χ0v) is 12.4. The van der Waals surface area contributed by atoms with Gasteiger partial charge in [0.1, 0.15) is 5.60 Å². The molecule has 0 radical (unpaired) electrons. The average molecular weight is 269 g/mol. The number of ether oxygens (including phenoxy) is 1. The number of nitrogens with one attached hydrogen (secondary N) is 2. The van der Waals surface area contributed by atoms with Gasteiger partial charge in [0.05, 0.1) is 0 Å². The second kappa shape index (κ2) is 6.09. The minimum absolute atomic E-state index is 0.301. The van der Waals surface area contributed by atoms with Crippen molar-refractivity contribution in [2.24, 2.45) is 5.92 Å². The van der Waals surface area contributed by atoms with E-state index in [0.29, 0.717) is 12.0 Å². The van der Waals surface area contributed by atoms with Gasteiger partial charge in [0.25, 0.3) is 0 Å². The molecule has 2 aliphatic rings. The first kappa shape index (κ1) is 14.6. The van der Waals surface area contributed by atoms with Gasteiger partial charge in [-0.15, -0.1) is 0 Å². The molecule has 0 bridgehead atoms. The standard InChI is InChI=1S/C14H27N3O2/c1-14(2,3)19-13(18)16-7-11-9-17(10-11)12-5-4-6-15-8-12/h11-12,15H,4-10H2,1-3H3,(H,16,18). The van der Waals surface area contributed by atoms with Gasteiger partial charge in [-0.05, 0) is 40.2 Å². The highest BCUT2D eigenvalue weighted by molar-refractivity contribution is 5.67. The van der Waals surface area contributed by atoms with E-state index in [9.17, 15) is 4.79 Å². The highest BCUT2D eigenvalue weighted by Crippen LogP contribution is 2.21. The van der Waals surface area contributed by atoms with Crippen LogP contribution in [-0.4, -0.2) is 55.4 Å². The number of carbonyl (C=O) groups excluding carboxylic acids is 1. The van der Waals surface area contributed by atoms with Crippen LogP contribution in [0.4, 0.5) is 4.79 Å². The summed E-state index contributed by atoms with van der Waals surface area (Å²) in [5.41, 5.74) is -0.413. The molecule has 2 N–H and O–H groups in total. The van der Waals surface area contributed by atoms with Gasteiger partial charge in [0.2, 0.25) is 0 Å². The number of piperidine rings is 1. The summed E-state index contributed by atoms with van der Waals surface area (Å²) >= 11 is 0. The summed E-state index contributed by atoms with van der Waals surface area (Å²) in [6, 6.07) is 0.700. The van der Waals surface area contributed by atoms with E-state index in [1.165, 1.54) is 12.8 Å². The van der Waals surface area contributed by atoms with Crippen molar-refractivity contribution in [3.63, 3.8) is 0 Å². The SMILES string of the molecule is CC(C)(C)OC(=O)NCC1CN(C2CCCNC2)C1. The Balaban J connectivity index is 1.58. The van der Waals surface area contributed by atoms with Gasteiger partial charge in [-0.3, -0.25) is 4.90 Å². The van der Waals surface area contributed by atoms with Gasteiger partial charge >= 0.3 is 6.09 Å². The summed E-state index contributed by atoms with van der Waals surface area (Å²) in [4.78, 5) is 14.1. The molecule has 0 aromatic rings. The molecule has 0 spiro atoms. The normalized spacial score (nSPS) is 25.7. The van der Waals surface area contributed by atoms with E-state index in [2.05, 4.69) is 15.5 Å². The first-order chi connectivity index (χ1) is 8.94. The molecule has 110 valence electrons. The molecule has 0 saturated carbocycles. The van der Waals surface area contributed by atoms with Crippen LogP contribution < -0.4 is 10.6 Å². The first-order valence-electron chi connectivity index (χ1n) is 7.35. The minimum atomic E-state index is -0.413. The fourth-order valence-corrected chi connectivity index (χ4v) is 2.72. The maximum Gasteiger partial charge on any atom is 0.407 e. The third kappa shape index (κ3) is 4.66. The lowest BCUT2D eigenvalue weighted by Crippen LogP contribution is -2.58. The number of rotatable bonds is 3. The van der Waals surface area contributed by atoms with Crippen LogP contribution in [0.25, 0.3) is 0 Å². The molecule has 1 amide bonds. The first-order valence-corrected chi connectivity index (χ1v) is 7.35. The molecule has 2 heterocycles. The van der Waals surface area contributed by atoms with Crippen LogP contribution in [0.3, 0.4) is 0 Å². The van der Waals surface area contributed by atoms with Crippen LogP contribution in [0, 0.1) is 5.92 Å². The molecular weight excluding hydrogens is 242 g/mol. The Labute approximate surface area is 116 Å². The second-order valence-corrected chi connectivity index (χ2v) is 6.70. The Morgan fingerprint density at radius 1 is 1.42 bits per heavy atom. The molecule has 5 heteroatoms. The predicted octanol–water partition coefficient (Wildman–Crippen LogP) is 1.19. The Hall–Kier alpha value is -0.810. The summed E-state index contributed by atoms with van der Waals surface area (Å²) in [5.74, 6) is 0.578. The molecule has 5 nitrogen and oxygen atoms in total. The van der Waals surface area contributed by atoms with E-state index < -0.39 is 5.60 Å². The van der Waals surface area contributed by atoms with Crippen molar-refractivity contribution in [1.29, 1.82) is 0 Å². The zero-order chi connectivity index (χ0) is 13.9. The van der Waals surface area contributed by atoms with Crippen LogP contribution >= 0.6 is 0 Å². The van der Waals surface area contributed by atoms with E-state index in [4.69, 9.17) is 4.74 Å². The van der Waals surface area contributed by atoms with Crippen molar-refractivity contribution in [1.82, 2.24) is 15.5 Å². The van der Waals surface area contributed by atoms with E-state index in [1.807, 2.05) is 20.8 Å². The lowest BCUT2D eigenvalue weighted by Gasteiger charge is -2.45. The minimum Gasteiger partial charge on any atom is -0.444 e. The molecular formula is C14H27N3O2. The van der Waals surface area contributed by atoms with E-state index in [0.717, 1.165) is 32.7 Å². The molecule has 1 unspecified atom stereocenters. The zero-order valence-electron chi connectivity index (χ0n) is 12.4. The quantitative estimate of drug-likeness (QED) is 0.808. The molecule has 2 aliphatic heterocycles. The summed E-state index contributed by atoms with van der Waals surface area (Å²) in [7, 11) is 0. The highest BCUT2D eigenvalue weighted by Gasteiger charge is 2.33. The lowest BCUT2D eigenvalue weighted by molar-refractivity contribution is 0.0309. The van der Waals surface area contributed by atoms with Crippen molar-refractivity contribution in [2.45, 2.75) is 45.3 Å². The molecule has 0 aromatic heterocycles. The number of carbonyl (C=O) groups is 1. The number of amides is 1. The smallest absolute Gasteiger partial charge is 0.407 e. The van der Waals surface area contributed by atoms with Crippen LogP contribution in [0.2, 0.25) is 0 Å². The van der Waals surface area contributed by atoms with Gasteiger partial charge in [0.15, 0.2) is 0 Å². The van der Waals surface area contributed by atoms with Crippen molar-refractivity contribution in [2.75, 3.05) is 32.7 Å². The summed E-state index contributed by atoms with van der Waals surface area (Å²) in [5, 5.41) is 6.30. The third-order valence-corrected chi connectivity index (χ3v) is 3.71.